The summed E-state index contributed by atoms with van der Waals surface area (Å²) in [6, 6.07) is 9.47. The second-order valence-corrected chi connectivity index (χ2v) is 7.98. The summed E-state index contributed by atoms with van der Waals surface area (Å²) in [6.07, 6.45) is 3.83. The predicted molar refractivity (Wildman–Crippen MR) is 108 cm³/mol. The molecule has 2 amide bonds. The molecule has 9 heteroatoms. The molecule has 1 aromatic heterocycles. The summed E-state index contributed by atoms with van der Waals surface area (Å²) >= 11 is 1.60. The molecule has 0 radical (unpaired) electrons. The Bertz CT molecular complexity index is 778. The van der Waals surface area contributed by atoms with E-state index in [1.54, 1.807) is 21.4 Å². The third-order valence-electron chi connectivity index (χ3n) is 4.95. The molecular formula is C19H26N6O2S. The van der Waals surface area contributed by atoms with Crippen LogP contribution in [0.15, 0.2) is 35.5 Å². The highest BCUT2D eigenvalue weighted by molar-refractivity contribution is 7.99. The van der Waals surface area contributed by atoms with Crippen molar-refractivity contribution in [2.75, 3.05) is 43.5 Å². The van der Waals surface area contributed by atoms with Gasteiger partial charge in [-0.15, -0.1) is 10.2 Å². The Hall–Kier alpha value is -2.26. The monoisotopic (exact) mass is 402 g/mol. The first kappa shape index (κ1) is 19.1. The number of piperidine rings is 1. The fourth-order valence-corrected chi connectivity index (χ4v) is 4.37. The lowest BCUT2D eigenvalue weighted by Gasteiger charge is -2.30. The number of hydrogen-bond acceptors (Lipinski definition) is 6. The molecule has 2 aliphatic rings. The summed E-state index contributed by atoms with van der Waals surface area (Å²) in [5.41, 5.74) is 0. The van der Waals surface area contributed by atoms with Crippen molar-refractivity contribution in [1.29, 1.82) is 0 Å². The lowest BCUT2D eigenvalue weighted by atomic mass is 10.1. The van der Waals surface area contributed by atoms with Gasteiger partial charge in [0.15, 0.2) is 5.82 Å². The second kappa shape index (κ2) is 9.29. The van der Waals surface area contributed by atoms with E-state index in [2.05, 4.69) is 20.4 Å². The fourth-order valence-electron chi connectivity index (χ4n) is 3.49. The highest BCUT2D eigenvalue weighted by atomic mass is 32.2. The van der Waals surface area contributed by atoms with Crippen LogP contribution in [0.2, 0.25) is 0 Å². The van der Waals surface area contributed by atoms with Gasteiger partial charge in [0.1, 0.15) is 12.4 Å². The zero-order chi connectivity index (χ0) is 19.2. The van der Waals surface area contributed by atoms with Crippen molar-refractivity contribution in [3.8, 4) is 5.75 Å². The van der Waals surface area contributed by atoms with Crippen LogP contribution in [0.4, 0.5) is 4.79 Å². The van der Waals surface area contributed by atoms with E-state index in [1.807, 2.05) is 30.3 Å². The van der Waals surface area contributed by atoms with Crippen LogP contribution >= 0.6 is 11.8 Å². The molecular weight excluding hydrogens is 376 g/mol. The maximum Gasteiger partial charge on any atom is 0.336 e. The molecule has 3 heterocycles. The molecule has 0 atom stereocenters. The quantitative estimate of drug-likeness (QED) is 0.798. The number of para-hydroxylation sites is 1. The lowest BCUT2D eigenvalue weighted by Crippen LogP contribution is -2.52. The molecule has 4 rings (SSSR count). The third-order valence-corrected chi connectivity index (χ3v) is 5.85. The topological polar surface area (TPSA) is 75.5 Å². The van der Waals surface area contributed by atoms with Crippen molar-refractivity contribution < 1.29 is 9.53 Å². The van der Waals surface area contributed by atoms with E-state index in [9.17, 15) is 4.79 Å². The Morgan fingerprint density at radius 2 is 1.93 bits per heavy atom. The number of rotatable bonds is 6. The van der Waals surface area contributed by atoms with Gasteiger partial charge in [0, 0.05) is 18.8 Å². The van der Waals surface area contributed by atoms with Gasteiger partial charge in [-0.2, -0.15) is 0 Å². The maximum absolute atomic E-state index is 12.8. The molecule has 1 saturated heterocycles. The number of carbonyl (C=O) groups excluding carboxylic acids is 1. The van der Waals surface area contributed by atoms with Crippen molar-refractivity contribution >= 4 is 17.8 Å². The van der Waals surface area contributed by atoms with Gasteiger partial charge < -0.3 is 15.0 Å². The van der Waals surface area contributed by atoms with Gasteiger partial charge in [-0.05, 0) is 38.1 Å². The first-order valence-electron chi connectivity index (χ1n) is 9.84. The van der Waals surface area contributed by atoms with Crippen LogP contribution in [0.1, 0.15) is 25.1 Å². The summed E-state index contributed by atoms with van der Waals surface area (Å²) in [5.74, 6) is 2.19. The number of hydrogen-bond donors (Lipinski definition) is 1. The second-order valence-electron chi connectivity index (χ2n) is 6.92. The van der Waals surface area contributed by atoms with Gasteiger partial charge in [0.25, 0.3) is 0 Å². The highest BCUT2D eigenvalue weighted by Crippen LogP contribution is 2.23. The molecule has 0 aliphatic carbocycles. The summed E-state index contributed by atoms with van der Waals surface area (Å²) in [7, 11) is 0. The van der Waals surface area contributed by atoms with Crippen LogP contribution < -0.4 is 15.1 Å². The number of amides is 2. The maximum atomic E-state index is 12.8. The largest absolute Gasteiger partial charge is 0.486 e. The van der Waals surface area contributed by atoms with E-state index < -0.39 is 0 Å². The summed E-state index contributed by atoms with van der Waals surface area (Å²) in [5, 5.41) is 13.9. The number of fused-ring (bicyclic) bond motifs is 1. The van der Waals surface area contributed by atoms with Gasteiger partial charge in [0.2, 0.25) is 5.16 Å². The number of thioether (sulfide) groups is 1. The van der Waals surface area contributed by atoms with Gasteiger partial charge in [0.05, 0.1) is 6.54 Å². The summed E-state index contributed by atoms with van der Waals surface area (Å²) in [4.78, 5) is 15.2. The van der Waals surface area contributed by atoms with E-state index in [4.69, 9.17) is 4.74 Å². The molecule has 0 spiro atoms. The van der Waals surface area contributed by atoms with Crippen LogP contribution in [0.3, 0.4) is 0 Å². The summed E-state index contributed by atoms with van der Waals surface area (Å²) in [6.45, 7) is 4.68. The van der Waals surface area contributed by atoms with Crippen LogP contribution in [0.25, 0.3) is 0 Å². The van der Waals surface area contributed by atoms with E-state index in [0.717, 1.165) is 36.3 Å². The average molecular weight is 403 g/mol. The molecule has 150 valence electrons. The molecule has 0 unspecified atom stereocenters. The molecule has 2 aromatic rings. The predicted octanol–water partition coefficient (Wildman–Crippen LogP) is 2.10. The number of nitrogens with one attached hydrogen (secondary N) is 1. The zero-order valence-corrected chi connectivity index (χ0v) is 16.7. The Morgan fingerprint density at radius 1 is 1.11 bits per heavy atom. The normalized spacial score (nSPS) is 17.2. The zero-order valence-electron chi connectivity index (χ0n) is 15.9. The number of nitrogens with zero attached hydrogens (tertiary/aromatic N) is 5. The fraction of sp³-hybridized carbons (Fsp3) is 0.526. The standard InChI is InChI=1S/C19H26N6O2S/c26-18(20-9-12-23-10-5-2-6-11-23)24-13-14-28-19-22-21-17(25(19)24)15-27-16-7-3-1-4-8-16/h1,3-4,7-8H,2,5-6,9-15H2,(H,20,26). The number of benzene rings is 1. The number of likely N-dealkylation sites (tertiary alicyclic amines) is 1. The Kier molecular flexibility index (Phi) is 6.33. The number of urea groups is 1. The Morgan fingerprint density at radius 3 is 2.75 bits per heavy atom. The van der Waals surface area contributed by atoms with E-state index in [1.165, 1.54) is 19.3 Å². The molecule has 1 aromatic carbocycles. The van der Waals surface area contributed by atoms with E-state index in [0.29, 0.717) is 18.9 Å². The highest BCUT2D eigenvalue weighted by Gasteiger charge is 2.27. The van der Waals surface area contributed by atoms with Gasteiger partial charge in [-0.25, -0.2) is 14.5 Å². The van der Waals surface area contributed by atoms with Gasteiger partial charge in [-0.1, -0.05) is 36.4 Å². The first-order chi connectivity index (χ1) is 13.8. The molecule has 8 nitrogen and oxygen atoms in total. The van der Waals surface area contributed by atoms with E-state index in [-0.39, 0.29) is 12.6 Å². The van der Waals surface area contributed by atoms with Crippen LogP contribution in [-0.2, 0) is 6.61 Å². The smallest absolute Gasteiger partial charge is 0.336 e. The molecule has 0 bridgehead atoms. The van der Waals surface area contributed by atoms with Crippen molar-refractivity contribution in [3.63, 3.8) is 0 Å². The average Bonchev–Trinajstić information content (AvgIpc) is 3.17. The molecule has 1 N–H and O–H groups in total. The number of carbonyl (C=O) groups is 1. The van der Waals surface area contributed by atoms with Gasteiger partial charge >= 0.3 is 6.03 Å². The minimum Gasteiger partial charge on any atom is -0.486 e. The number of ether oxygens (including phenoxy) is 1. The minimum absolute atomic E-state index is 0.112. The summed E-state index contributed by atoms with van der Waals surface area (Å²) < 4.78 is 7.59. The van der Waals surface area contributed by atoms with Crippen molar-refractivity contribution in [3.05, 3.63) is 36.2 Å². The van der Waals surface area contributed by atoms with E-state index >= 15 is 0 Å². The molecule has 1 fully saturated rings. The molecule has 2 aliphatic heterocycles. The van der Waals surface area contributed by atoms with Crippen molar-refractivity contribution in [1.82, 2.24) is 25.1 Å². The Labute approximate surface area is 169 Å². The third kappa shape index (κ3) is 4.59. The van der Waals surface area contributed by atoms with Crippen LogP contribution in [-0.4, -0.2) is 64.3 Å². The Balaban J connectivity index is 1.36. The van der Waals surface area contributed by atoms with Crippen LogP contribution in [0, 0.1) is 0 Å². The van der Waals surface area contributed by atoms with Crippen molar-refractivity contribution in [2.24, 2.45) is 0 Å². The first-order valence-corrected chi connectivity index (χ1v) is 10.8. The van der Waals surface area contributed by atoms with Crippen molar-refractivity contribution in [2.45, 2.75) is 31.0 Å². The van der Waals surface area contributed by atoms with Crippen LogP contribution in [0.5, 0.6) is 5.75 Å². The number of aromatic nitrogens is 3. The SMILES string of the molecule is O=C(NCCN1CCCCC1)N1CCSc2nnc(COc3ccccc3)n21. The molecule has 28 heavy (non-hydrogen) atoms. The molecule has 0 saturated carbocycles. The lowest BCUT2D eigenvalue weighted by molar-refractivity contribution is 0.219. The van der Waals surface area contributed by atoms with Gasteiger partial charge in [-0.3, -0.25) is 0 Å². The minimum atomic E-state index is -0.112.